The van der Waals surface area contributed by atoms with Crippen LogP contribution in [0.15, 0.2) is 24.3 Å². The van der Waals surface area contributed by atoms with Gasteiger partial charge >= 0.3 is 5.97 Å². The van der Waals surface area contributed by atoms with Crippen molar-refractivity contribution in [3.8, 4) is 0 Å². The molecule has 0 bridgehead atoms. The van der Waals surface area contributed by atoms with E-state index in [0.29, 0.717) is 11.6 Å². The smallest absolute Gasteiger partial charge is 0.338 e. The van der Waals surface area contributed by atoms with Crippen LogP contribution in [0.2, 0.25) is 0 Å². The van der Waals surface area contributed by atoms with E-state index in [2.05, 4.69) is 6.92 Å². The van der Waals surface area contributed by atoms with E-state index in [1.54, 1.807) is 17.0 Å². The van der Waals surface area contributed by atoms with Crippen molar-refractivity contribution >= 4 is 11.9 Å². The maximum Gasteiger partial charge on any atom is 0.338 e. The molecule has 120 valence electrons. The summed E-state index contributed by atoms with van der Waals surface area (Å²) in [6.45, 7) is 1.88. The lowest BCUT2D eigenvalue weighted by Crippen LogP contribution is -2.40. The molecule has 0 N–H and O–H groups in total. The van der Waals surface area contributed by atoms with E-state index in [-0.39, 0.29) is 12.5 Å². The monoisotopic (exact) mass is 303 g/mol. The largest absolute Gasteiger partial charge is 0.452 e. The molecule has 4 heteroatoms. The van der Waals surface area contributed by atoms with Gasteiger partial charge in [0.05, 0.1) is 5.56 Å². The lowest BCUT2D eigenvalue weighted by atomic mass is 9.94. The summed E-state index contributed by atoms with van der Waals surface area (Å²) in [6, 6.07) is 7.61. The van der Waals surface area contributed by atoms with Crippen molar-refractivity contribution < 1.29 is 14.3 Å². The Labute approximate surface area is 132 Å². The maximum atomic E-state index is 12.1. The summed E-state index contributed by atoms with van der Waals surface area (Å²) in [7, 11) is 1.81. The number of carbonyl (C=O) groups is 2. The number of aryl methyl sites for hydroxylation is 1. The molecule has 1 aromatic rings. The van der Waals surface area contributed by atoms with E-state index >= 15 is 0 Å². The van der Waals surface area contributed by atoms with E-state index < -0.39 is 5.97 Å². The molecule has 1 aliphatic rings. The van der Waals surface area contributed by atoms with Gasteiger partial charge in [0, 0.05) is 13.1 Å². The SMILES string of the molecule is CCc1ccc(C(=O)OCC(=O)N(C)C2CCCCC2)cc1. The first-order valence-electron chi connectivity index (χ1n) is 8.13. The van der Waals surface area contributed by atoms with Gasteiger partial charge < -0.3 is 9.64 Å². The standard InChI is InChI=1S/C18H25NO3/c1-3-14-9-11-15(12-10-14)18(21)22-13-17(20)19(2)16-7-5-4-6-8-16/h9-12,16H,3-8,13H2,1-2H3. The average molecular weight is 303 g/mol. The summed E-state index contributed by atoms with van der Waals surface area (Å²) in [5.41, 5.74) is 1.66. The highest BCUT2D eigenvalue weighted by Crippen LogP contribution is 2.21. The Kier molecular flexibility index (Phi) is 5.99. The fraction of sp³-hybridized carbons (Fsp3) is 0.556. The van der Waals surface area contributed by atoms with Gasteiger partial charge in [-0.1, -0.05) is 38.3 Å². The summed E-state index contributed by atoms with van der Waals surface area (Å²) in [5.74, 6) is -0.557. The Morgan fingerprint density at radius 3 is 2.36 bits per heavy atom. The van der Waals surface area contributed by atoms with E-state index in [4.69, 9.17) is 4.74 Å². The second-order valence-electron chi connectivity index (χ2n) is 5.92. The van der Waals surface area contributed by atoms with Gasteiger partial charge in [-0.05, 0) is 37.0 Å². The highest BCUT2D eigenvalue weighted by molar-refractivity contribution is 5.91. The number of esters is 1. The molecule has 0 unspecified atom stereocenters. The molecule has 0 spiro atoms. The number of rotatable bonds is 5. The maximum absolute atomic E-state index is 12.1. The number of carbonyl (C=O) groups excluding carboxylic acids is 2. The lowest BCUT2D eigenvalue weighted by Gasteiger charge is -2.31. The molecule has 1 fully saturated rings. The van der Waals surface area contributed by atoms with E-state index in [1.165, 1.54) is 24.8 Å². The normalized spacial score (nSPS) is 15.4. The number of ether oxygens (including phenoxy) is 1. The Morgan fingerprint density at radius 1 is 1.14 bits per heavy atom. The summed E-state index contributed by atoms with van der Waals surface area (Å²) < 4.78 is 5.15. The second-order valence-corrected chi connectivity index (χ2v) is 5.92. The Balaban J connectivity index is 1.82. The van der Waals surface area contributed by atoms with Gasteiger partial charge in [-0.15, -0.1) is 0 Å². The van der Waals surface area contributed by atoms with Crippen LogP contribution in [-0.2, 0) is 16.0 Å². The molecule has 0 heterocycles. The fourth-order valence-electron chi connectivity index (χ4n) is 2.86. The van der Waals surface area contributed by atoms with Crippen LogP contribution < -0.4 is 0 Å². The average Bonchev–Trinajstić information content (AvgIpc) is 2.59. The number of nitrogens with zero attached hydrogens (tertiary/aromatic N) is 1. The predicted molar refractivity (Wildman–Crippen MR) is 85.7 cm³/mol. The lowest BCUT2D eigenvalue weighted by molar-refractivity contribution is -0.135. The number of likely N-dealkylation sites (N-methyl/N-ethyl adjacent to an activating group) is 1. The van der Waals surface area contributed by atoms with Crippen LogP contribution in [0, 0.1) is 0 Å². The molecular formula is C18H25NO3. The topological polar surface area (TPSA) is 46.6 Å². The number of amides is 1. The zero-order chi connectivity index (χ0) is 15.9. The second kappa shape index (κ2) is 7.97. The van der Waals surface area contributed by atoms with Crippen molar-refractivity contribution in [3.63, 3.8) is 0 Å². The van der Waals surface area contributed by atoms with Crippen LogP contribution in [-0.4, -0.2) is 36.5 Å². The van der Waals surface area contributed by atoms with Crippen molar-refractivity contribution in [1.29, 1.82) is 0 Å². The minimum absolute atomic E-state index is 0.120. The quantitative estimate of drug-likeness (QED) is 0.785. The van der Waals surface area contributed by atoms with Gasteiger partial charge in [-0.3, -0.25) is 4.79 Å². The molecule has 1 saturated carbocycles. The van der Waals surface area contributed by atoms with Gasteiger partial charge in [0.2, 0.25) is 0 Å². The first kappa shape index (κ1) is 16.5. The highest BCUT2D eigenvalue weighted by atomic mass is 16.5. The summed E-state index contributed by atoms with van der Waals surface area (Å²) in [6.07, 6.45) is 6.63. The van der Waals surface area contributed by atoms with Crippen LogP contribution >= 0.6 is 0 Å². The molecule has 0 aromatic heterocycles. The summed E-state index contributed by atoms with van der Waals surface area (Å²) in [4.78, 5) is 25.8. The molecule has 1 amide bonds. The van der Waals surface area contributed by atoms with Gasteiger partial charge in [-0.25, -0.2) is 4.79 Å². The molecule has 1 aromatic carbocycles. The van der Waals surface area contributed by atoms with E-state index in [0.717, 1.165) is 19.3 Å². The molecule has 0 atom stereocenters. The molecule has 0 radical (unpaired) electrons. The van der Waals surface area contributed by atoms with Crippen LogP contribution in [0.3, 0.4) is 0 Å². The van der Waals surface area contributed by atoms with Crippen molar-refractivity contribution in [2.45, 2.75) is 51.5 Å². The third kappa shape index (κ3) is 4.33. The number of hydrogen-bond acceptors (Lipinski definition) is 3. The minimum Gasteiger partial charge on any atom is -0.452 e. The van der Waals surface area contributed by atoms with Crippen molar-refractivity contribution in [2.24, 2.45) is 0 Å². The van der Waals surface area contributed by atoms with E-state index in [9.17, 15) is 9.59 Å². The third-order valence-electron chi connectivity index (χ3n) is 4.44. The molecule has 0 aliphatic heterocycles. The molecule has 22 heavy (non-hydrogen) atoms. The number of benzene rings is 1. The number of hydrogen-bond donors (Lipinski definition) is 0. The first-order chi connectivity index (χ1) is 10.6. The molecular weight excluding hydrogens is 278 g/mol. The van der Waals surface area contributed by atoms with Crippen molar-refractivity contribution in [3.05, 3.63) is 35.4 Å². The van der Waals surface area contributed by atoms with Gasteiger partial charge in [0.1, 0.15) is 0 Å². The third-order valence-corrected chi connectivity index (χ3v) is 4.44. The minimum atomic E-state index is -0.437. The molecule has 0 saturated heterocycles. The Morgan fingerprint density at radius 2 is 1.77 bits per heavy atom. The van der Waals surface area contributed by atoms with E-state index in [1.807, 2.05) is 19.2 Å². The van der Waals surface area contributed by atoms with Crippen molar-refractivity contribution in [1.82, 2.24) is 4.90 Å². The fourth-order valence-corrected chi connectivity index (χ4v) is 2.86. The Hall–Kier alpha value is -1.84. The molecule has 1 aliphatic carbocycles. The van der Waals surface area contributed by atoms with Gasteiger partial charge in [0.15, 0.2) is 6.61 Å². The zero-order valence-electron chi connectivity index (χ0n) is 13.5. The Bertz CT molecular complexity index is 504. The van der Waals surface area contributed by atoms with Crippen LogP contribution in [0.4, 0.5) is 0 Å². The first-order valence-corrected chi connectivity index (χ1v) is 8.13. The molecule has 2 rings (SSSR count). The van der Waals surface area contributed by atoms with Gasteiger partial charge in [-0.2, -0.15) is 0 Å². The van der Waals surface area contributed by atoms with Crippen LogP contribution in [0.1, 0.15) is 54.9 Å². The van der Waals surface area contributed by atoms with Crippen LogP contribution in [0.25, 0.3) is 0 Å². The van der Waals surface area contributed by atoms with Gasteiger partial charge in [0.25, 0.3) is 5.91 Å². The summed E-state index contributed by atoms with van der Waals surface area (Å²) in [5, 5.41) is 0. The highest BCUT2D eigenvalue weighted by Gasteiger charge is 2.22. The van der Waals surface area contributed by atoms with Crippen molar-refractivity contribution in [2.75, 3.05) is 13.7 Å². The van der Waals surface area contributed by atoms with Crippen LogP contribution in [0.5, 0.6) is 0 Å². The molecule has 4 nitrogen and oxygen atoms in total. The predicted octanol–water partition coefficient (Wildman–Crippen LogP) is 3.20. The summed E-state index contributed by atoms with van der Waals surface area (Å²) >= 11 is 0. The zero-order valence-corrected chi connectivity index (χ0v) is 13.5.